The van der Waals surface area contributed by atoms with Crippen LogP contribution in [-0.2, 0) is 12.8 Å². The van der Waals surface area contributed by atoms with E-state index < -0.39 is 0 Å². The van der Waals surface area contributed by atoms with Gasteiger partial charge in [-0.25, -0.2) is 4.98 Å². The maximum Gasteiger partial charge on any atom is 0.0897 e. The zero-order chi connectivity index (χ0) is 15.2. The molecule has 0 aliphatic rings. The molecule has 2 nitrogen and oxygen atoms in total. The Kier molecular flexibility index (Phi) is 5.95. The van der Waals surface area contributed by atoms with Gasteiger partial charge < -0.3 is 5.32 Å². The lowest BCUT2D eigenvalue weighted by Crippen LogP contribution is -2.33. The fourth-order valence-electron chi connectivity index (χ4n) is 2.58. The highest BCUT2D eigenvalue weighted by molar-refractivity contribution is 7.09. The maximum atomic E-state index is 4.59. The van der Waals surface area contributed by atoms with E-state index in [4.69, 9.17) is 0 Å². The lowest BCUT2D eigenvalue weighted by molar-refractivity contribution is 0.517. The van der Waals surface area contributed by atoms with Gasteiger partial charge in [-0.2, -0.15) is 0 Å². The van der Waals surface area contributed by atoms with Crippen LogP contribution in [0.25, 0.3) is 0 Å². The van der Waals surface area contributed by atoms with Crippen LogP contribution in [-0.4, -0.2) is 17.6 Å². The zero-order valence-electron chi connectivity index (χ0n) is 13.5. The zero-order valence-corrected chi connectivity index (χ0v) is 14.3. The van der Waals surface area contributed by atoms with E-state index in [1.54, 1.807) is 11.3 Å². The Bertz CT molecular complexity index is 543. The molecule has 2 aromatic rings. The van der Waals surface area contributed by atoms with Crippen molar-refractivity contribution in [1.29, 1.82) is 0 Å². The van der Waals surface area contributed by atoms with E-state index in [9.17, 15) is 0 Å². The Morgan fingerprint density at radius 1 is 1.14 bits per heavy atom. The molecule has 1 N–H and O–H groups in total. The molecule has 21 heavy (non-hydrogen) atoms. The third kappa shape index (κ3) is 4.94. The van der Waals surface area contributed by atoms with Gasteiger partial charge in [0.05, 0.1) is 10.7 Å². The lowest BCUT2D eigenvalue weighted by Gasteiger charge is -2.17. The van der Waals surface area contributed by atoms with Gasteiger partial charge in [0.1, 0.15) is 0 Å². The van der Waals surface area contributed by atoms with Crippen LogP contribution in [0.15, 0.2) is 29.6 Å². The van der Waals surface area contributed by atoms with Gasteiger partial charge in [0, 0.05) is 17.8 Å². The van der Waals surface area contributed by atoms with Gasteiger partial charge in [-0.1, -0.05) is 45.0 Å². The van der Waals surface area contributed by atoms with Crippen molar-refractivity contribution in [3.63, 3.8) is 0 Å². The molecule has 3 heteroatoms. The van der Waals surface area contributed by atoms with Gasteiger partial charge in [0.2, 0.25) is 0 Å². The first-order chi connectivity index (χ1) is 10.1. The van der Waals surface area contributed by atoms with E-state index in [-0.39, 0.29) is 0 Å². The molecule has 1 atom stereocenters. The van der Waals surface area contributed by atoms with Crippen molar-refractivity contribution in [3.05, 3.63) is 51.5 Å². The highest BCUT2D eigenvalue weighted by atomic mass is 32.1. The number of aromatic nitrogens is 1. The maximum absolute atomic E-state index is 4.59. The van der Waals surface area contributed by atoms with Crippen molar-refractivity contribution in [2.24, 2.45) is 0 Å². The summed E-state index contributed by atoms with van der Waals surface area (Å²) in [5, 5.41) is 6.93. The van der Waals surface area contributed by atoms with E-state index >= 15 is 0 Å². The second kappa shape index (κ2) is 7.71. The summed E-state index contributed by atoms with van der Waals surface area (Å²) in [5.74, 6) is 0.599. The van der Waals surface area contributed by atoms with Crippen molar-refractivity contribution < 1.29 is 0 Å². The van der Waals surface area contributed by atoms with Crippen molar-refractivity contribution in [2.45, 2.75) is 52.5 Å². The minimum absolute atomic E-state index is 0.460. The number of benzene rings is 1. The monoisotopic (exact) mass is 302 g/mol. The average molecular weight is 302 g/mol. The molecule has 0 aliphatic carbocycles. The standard InChI is InChI=1S/C18H26N2S/c1-5-19-17(11-18-12-21-14(4)20-18)10-15-6-8-16(9-7-15)13(2)3/h6-9,12-13,17,19H,5,10-11H2,1-4H3. The molecule has 114 valence electrons. The van der Waals surface area contributed by atoms with Crippen LogP contribution in [0.3, 0.4) is 0 Å². The molecular weight excluding hydrogens is 276 g/mol. The number of nitrogens with zero attached hydrogens (tertiary/aromatic N) is 1. The molecule has 0 aliphatic heterocycles. The molecule has 0 saturated carbocycles. The van der Waals surface area contributed by atoms with Crippen LogP contribution >= 0.6 is 11.3 Å². The normalized spacial score (nSPS) is 12.8. The Hall–Kier alpha value is -1.19. The van der Waals surface area contributed by atoms with Gasteiger partial charge >= 0.3 is 0 Å². The van der Waals surface area contributed by atoms with E-state index in [2.05, 4.69) is 67.6 Å². The van der Waals surface area contributed by atoms with Gasteiger partial charge in [-0.3, -0.25) is 0 Å². The topological polar surface area (TPSA) is 24.9 Å². The molecular formula is C18H26N2S. The summed E-state index contributed by atoms with van der Waals surface area (Å²) >= 11 is 1.74. The molecule has 1 unspecified atom stereocenters. The van der Waals surface area contributed by atoms with Crippen LogP contribution in [0.4, 0.5) is 0 Å². The molecule has 2 rings (SSSR count). The predicted molar refractivity (Wildman–Crippen MR) is 92.3 cm³/mol. The number of likely N-dealkylation sites (N-methyl/N-ethyl adjacent to an activating group) is 1. The number of aryl methyl sites for hydroxylation is 1. The summed E-state index contributed by atoms with van der Waals surface area (Å²) < 4.78 is 0. The quantitative estimate of drug-likeness (QED) is 0.823. The van der Waals surface area contributed by atoms with E-state index in [0.717, 1.165) is 24.4 Å². The molecule has 0 radical (unpaired) electrons. The molecule has 1 aromatic carbocycles. The largest absolute Gasteiger partial charge is 0.314 e. The molecule has 0 bridgehead atoms. The number of rotatable bonds is 7. The van der Waals surface area contributed by atoms with Crippen molar-refractivity contribution >= 4 is 11.3 Å². The minimum Gasteiger partial charge on any atom is -0.314 e. The Morgan fingerprint density at radius 3 is 2.38 bits per heavy atom. The van der Waals surface area contributed by atoms with Crippen LogP contribution in [0.1, 0.15) is 48.5 Å². The number of hydrogen-bond donors (Lipinski definition) is 1. The van der Waals surface area contributed by atoms with Gasteiger partial charge in [-0.05, 0) is 36.9 Å². The number of nitrogens with one attached hydrogen (secondary N) is 1. The first-order valence-electron chi connectivity index (χ1n) is 7.81. The Balaban J connectivity index is 2.01. The van der Waals surface area contributed by atoms with Crippen LogP contribution in [0.5, 0.6) is 0 Å². The van der Waals surface area contributed by atoms with Gasteiger partial charge in [0.15, 0.2) is 0 Å². The SMILES string of the molecule is CCNC(Cc1ccc(C(C)C)cc1)Cc1csc(C)n1. The lowest BCUT2D eigenvalue weighted by atomic mass is 9.97. The van der Waals surface area contributed by atoms with E-state index in [1.807, 2.05) is 0 Å². The van der Waals surface area contributed by atoms with Crippen LogP contribution < -0.4 is 5.32 Å². The molecule has 0 amide bonds. The highest BCUT2D eigenvalue weighted by Crippen LogP contribution is 2.17. The van der Waals surface area contributed by atoms with E-state index in [1.165, 1.54) is 16.8 Å². The van der Waals surface area contributed by atoms with Crippen LogP contribution in [0, 0.1) is 6.92 Å². The number of thiazole rings is 1. The third-order valence-corrected chi connectivity index (χ3v) is 4.57. The summed E-state index contributed by atoms with van der Waals surface area (Å²) in [5.41, 5.74) is 4.02. The summed E-state index contributed by atoms with van der Waals surface area (Å²) in [4.78, 5) is 4.59. The Morgan fingerprint density at radius 2 is 1.86 bits per heavy atom. The fourth-order valence-corrected chi connectivity index (χ4v) is 3.21. The Labute approximate surface area is 132 Å². The summed E-state index contributed by atoms with van der Waals surface area (Å²) in [6.07, 6.45) is 2.06. The molecule has 0 fully saturated rings. The predicted octanol–water partition coefficient (Wildman–Crippen LogP) is 4.34. The number of hydrogen-bond acceptors (Lipinski definition) is 3. The summed E-state index contributed by atoms with van der Waals surface area (Å²) in [6, 6.07) is 9.52. The summed E-state index contributed by atoms with van der Waals surface area (Å²) in [6.45, 7) is 9.71. The molecule has 0 saturated heterocycles. The van der Waals surface area contributed by atoms with Gasteiger partial charge in [-0.15, -0.1) is 11.3 Å². The minimum atomic E-state index is 0.460. The summed E-state index contributed by atoms with van der Waals surface area (Å²) in [7, 11) is 0. The third-order valence-electron chi connectivity index (χ3n) is 3.74. The van der Waals surface area contributed by atoms with Crippen molar-refractivity contribution in [3.8, 4) is 0 Å². The van der Waals surface area contributed by atoms with Crippen molar-refractivity contribution in [1.82, 2.24) is 10.3 Å². The molecule has 0 spiro atoms. The smallest absolute Gasteiger partial charge is 0.0897 e. The first-order valence-corrected chi connectivity index (χ1v) is 8.69. The van der Waals surface area contributed by atoms with E-state index in [0.29, 0.717) is 12.0 Å². The highest BCUT2D eigenvalue weighted by Gasteiger charge is 2.11. The van der Waals surface area contributed by atoms with Crippen molar-refractivity contribution in [2.75, 3.05) is 6.54 Å². The second-order valence-corrected chi connectivity index (χ2v) is 6.98. The fraction of sp³-hybridized carbons (Fsp3) is 0.500. The average Bonchev–Trinajstić information content (AvgIpc) is 2.85. The molecule has 1 aromatic heterocycles. The van der Waals surface area contributed by atoms with Gasteiger partial charge in [0.25, 0.3) is 0 Å². The second-order valence-electron chi connectivity index (χ2n) is 5.92. The first kappa shape index (κ1) is 16.2. The molecule has 1 heterocycles. The van der Waals surface area contributed by atoms with Crippen LogP contribution in [0.2, 0.25) is 0 Å².